The lowest BCUT2D eigenvalue weighted by atomic mass is 10.1. The number of rotatable bonds is 5. The van der Waals surface area contributed by atoms with Crippen molar-refractivity contribution >= 4 is 39.1 Å². The highest BCUT2D eigenvalue weighted by molar-refractivity contribution is 7.17. The molecular weight excluding hydrogens is 420 g/mol. The van der Waals surface area contributed by atoms with E-state index in [0.717, 1.165) is 16.7 Å². The molecule has 2 aromatic heterocycles. The summed E-state index contributed by atoms with van der Waals surface area (Å²) in [5.41, 5.74) is 2.91. The van der Waals surface area contributed by atoms with Crippen molar-refractivity contribution in [3.63, 3.8) is 0 Å². The third kappa shape index (κ3) is 4.15. The summed E-state index contributed by atoms with van der Waals surface area (Å²) < 4.78 is 6.81. The predicted octanol–water partition coefficient (Wildman–Crippen LogP) is 5.39. The summed E-state index contributed by atoms with van der Waals surface area (Å²) >= 11 is 7.43. The van der Waals surface area contributed by atoms with Gasteiger partial charge in [-0.2, -0.15) is 0 Å². The Morgan fingerprint density at radius 3 is 2.70 bits per heavy atom. The number of carbonyl (C=O) groups excluding carboxylic acids is 1. The highest BCUT2D eigenvalue weighted by atomic mass is 35.5. The fourth-order valence-corrected chi connectivity index (χ4v) is 4.23. The van der Waals surface area contributed by atoms with Crippen LogP contribution >= 0.6 is 22.9 Å². The SMILES string of the molecule is CC(C)OC(=O)c1cccc(Cn2cnc3scc(-c4ccc(Cl)cc4)c3c2=O)c1. The summed E-state index contributed by atoms with van der Waals surface area (Å²) in [4.78, 5) is 30.6. The second-order valence-electron chi connectivity index (χ2n) is 7.17. The van der Waals surface area contributed by atoms with Gasteiger partial charge in [0.2, 0.25) is 0 Å². The lowest BCUT2D eigenvalue weighted by Gasteiger charge is -2.10. The van der Waals surface area contributed by atoms with E-state index in [1.165, 1.54) is 11.3 Å². The third-order valence-corrected chi connectivity index (χ3v) is 5.71. The van der Waals surface area contributed by atoms with E-state index in [0.29, 0.717) is 27.3 Å². The minimum atomic E-state index is -0.379. The van der Waals surface area contributed by atoms with E-state index in [4.69, 9.17) is 16.3 Å². The first-order valence-electron chi connectivity index (χ1n) is 9.45. The molecule has 2 aromatic carbocycles. The molecule has 0 spiro atoms. The Balaban J connectivity index is 1.70. The second kappa shape index (κ2) is 8.42. The van der Waals surface area contributed by atoms with Crippen LogP contribution in [0.3, 0.4) is 0 Å². The van der Waals surface area contributed by atoms with Gasteiger partial charge in [0.05, 0.1) is 29.9 Å². The summed E-state index contributed by atoms with van der Waals surface area (Å²) in [5.74, 6) is -0.379. The lowest BCUT2D eigenvalue weighted by molar-refractivity contribution is 0.0378. The van der Waals surface area contributed by atoms with Gasteiger partial charge in [-0.05, 0) is 49.2 Å². The van der Waals surface area contributed by atoms with E-state index in [2.05, 4.69) is 4.98 Å². The fourth-order valence-electron chi connectivity index (χ4n) is 3.20. The number of hydrogen-bond acceptors (Lipinski definition) is 5. The van der Waals surface area contributed by atoms with Crippen LogP contribution in [0.1, 0.15) is 29.8 Å². The van der Waals surface area contributed by atoms with Gasteiger partial charge in [0.1, 0.15) is 4.83 Å². The molecule has 0 N–H and O–H groups in total. The average Bonchev–Trinajstić information content (AvgIpc) is 3.15. The molecule has 0 aliphatic carbocycles. The van der Waals surface area contributed by atoms with Crippen molar-refractivity contribution in [1.82, 2.24) is 9.55 Å². The van der Waals surface area contributed by atoms with Gasteiger partial charge in [-0.3, -0.25) is 9.36 Å². The largest absolute Gasteiger partial charge is 0.459 e. The van der Waals surface area contributed by atoms with Gasteiger partial charge < -0.3 is 4.74 Å². The molecule has 0 bridgehead atoms. The summed E-state index contributed by atoms with van der Waals surface area (Å²) in [6, 6.07) is 14.5. The maximum atomic E-state index is 13.2. The van der Waals surface area contributed by atoms with E-state index in [9.17, 15) is 9.59 Å². The summed E-state index contributed by atoms with van der Waals surface area (Å²) in [7, 11) is 0. The molecule has 0 fully saturated rings. The normalized spacial score (nSPS) is 11.2. The first-order chi connectivity index (χ1) is 14.4. The molecule has 152 valence electrons. The minimum Gasteiger partial charge on any atom is -0.459 e. The Morgan fingerprint density at radius 1 is 1.20 bits per heavy atom. The standard InChI is InChI=1S/C23H19ClN2O3S/c1-14(2)29-23(28)17-5-3-4-15(10-17)11-26-13-25-21-20(22(26)27)19(12-30-21)16-6-8-18(24)9-7-16/h3-10,12-14H,11H2,1-2H3. The molecule has 0 saturated heterocycles. The van der Waals surface area contributed by atoms with Crippen molar-refractivity contribution in [3.8, 4) is 11.1 Å². The number of esters is 1. The van der Waals surface area contributed by atoms with E-state index < -0.39 is 0 Å². The molecule has 4 aromatic rings. The summed E-state index contributed by atoms with van der Waals surface area (Å²) in [5, 5.41) is 3.17. The van der Waals surface area contributed by atoms with Crippen molar-refractivity contribution in [1.29, 1.82) is 0 Å². The van der Waals surface area contributed by atoms with Crippen LogP contribution in [-0.2, 0) is 11.3 Å². The third-order valence-electron chi connectivity index (χ3n) is 4.57. The molecule has 30 heavy (non-hydrogen) atoms. The zero-order chi connectivity index (χ0) is 21.3. The summed E-state index contributed by atoms with van der Waals surface area (Å²) in [6.07, 6.45) is 1.35. The van der Waals surface area contributed by atoms with Gasteiger partial charge in [0.15, 0.2) is 0 Å². The maximum Gasteiger partial charge on any atom is 0.338 e. The Morgan fingerprint density at radius 2 is 1.97 bits per heavy atom. The van der Waals surface area contributed by atoms with E-state index in [1.807, 2.05) is 23.6 Å². The molecule has 0 radical (unpaired) electrons. The topological polar surface area (TPSA) is 61.2 Å². The highest BCUT2D eigenvalue weighted by Crippen LogP contribution is 2.31. The molecule has 0 atom stereocenters. The number of fused-ring (bicyclic) bond motifs is 1. The monoisotopic (exact) mass is 438 g/mol. The predicted molar refractivity (Wildman–Crippen MR) is 120 cm³/mol. The molecule has 5 nitrogen and oxygen atoms in total. The first kappa shape index (κ1) is 20.3. The Hall–Kier alpha value is -2.96. The maximum absolute atomic E-state index is 13.2. The molecule has 4 rings (SSSR count). The fraction of sp³-hybridized carbons (Fsp3) is 0.174. The van der Waals surface area contributed by atoms with Crippen LogP contribution in [0.25, 0.3) is 21.3 Å². The number of thiophene rings is 1. The number of ether oxygens (including phenoxy) is 1. The van der Waals surface area contributed by atoms with Gasteiger partial charge in [-0.15, -0.1) is 11.3 Å². The smallest absolute Gasteiger partial charge is 0.338 e. The molecule has 7 heteroatoms. The molecule has 0 aliphatic heterocycles. The van der Waals surface area contributed by atoms with Gasteiger partial charge in [0.25, 0.3) is 5.56 Å². The first-order valence-corrected chi connectivity index (χ1v) is 10.7. The zero-order valence-electron chi connectivity index (χ0n) is 16.5. The van der Waals surface area contributed by atoms with Crippen molar-refractivity contribution in [2.24, 2.45) is 0 Å². The number of benzene rings is 2. The lowest BCUT2D eigenvalue weighted by Crippen LogP contribution is -2.21. The number of carbonyl (C=O) groups is 1. The number of aromatic nitrogens is 2. The quantitative estimate of drug-likeness (QED) is 0.392. The van der Waals surface area contributed by atoms with Crippen LogP contribution in [0.5, 0.6) is 0 Å². The molecule has 0 amide bonds. The Kier molecular flexibility index (Phi) is 5.70. The van der Waals surface area contributed by atoms with Gasteiger partial charge in [0, 0.05) is 16.0 Å². The molecule has 0 unspecified atom stereocenters. The molecular formula is C23H19ClN2O3S. The van der Waals surface area contributed by atoms with E-state index in [1.54, 1.807) is 55.1 Å². The van der Waals surface area contributed by atoms with Crippen LogP contribution in [0.4, 0.5) is 0 Å². The molecule has 0 saturated carbocycles. The van der Waals surface area contributed by atoms with Crippen molar-refractivity contribution in [2.75, 3.05) is 0 Å². The average molecular weight is 439 g/mol. The van der Waals surface area contributed by atoms with Crippen molar-refractivity contribution < 1.29 is 9.53 Å². The zero-order valence-corrected chi connectivity index (χ0v) is 18.0. The van der Waals surface area contributed by atoms with Gasteiger partial charge in [-0.25, -0.2) is 9.78 Å². The van der Waals surface area contributed by atoms with Crippen LogP contribution in [-0.4, -0.2) is 21.6 Å². The highest BCUT2D eigenvalue weighted by Gasteiger charge is 2.14. The molecule has 0 aliphatic rings. The van der Waals surface area contributed by atoms with Crippen molar-refractivity contribution in [2.45, 2.75) is 26.5 Å². The minimum absolute atomic E-state index is 0.124. The Bertz CT molecular complexity index is 1280. The van der Waals surface area contributed by atoms with Gasteiger partial charge >= 0.3 is 5.97 Å². The summed E-state index contributed by atoms with van der Waals surface area (Å²) in [6.45, 7) is 3.92. The number of nitrogens with zero attached hydrogens (tertiary/aromatic N) is 2. The number of halogens is 1. The van der Waals surface area contributed by atoms with E-state index in [-0.39, 0.29) is 17.6 Å². The number of hydrogen-bond donors (Lipinski definition) is 0. The van der Waals surface area contributed by atoms with E-state index >= 15 is 0 Å². The van der Waals surface area contributed by atoms with Crippen LogP contribution in [0.15, 0.2) is 65.0 Å². The van der Waals surface area contributed by atoms with Crippen molar-refractivity contribution in [3.05, 3.63) is 86.7 Å². The van der Waals surface area contributed by atoms with Crippen LogP contribution in [0, 0.1) is 0 Å². The van der Waals surface area contributed by atoms with Crippen LogP contribution < -0.4 is 5.56 Å². The second-order valence-corrected chi connectivity index (χ2v) is 8.46. The molecule has 2 heterocycles. The van der Waals surface area contributed by atoms with Gasteiger partial charge in [-0.1, -0.05) is 35.9 Å². The Labute approximate surface area is 182 Å². The van der Waals surface area contributed by atoms with Crippen LogP contribution in [0.2, 0.25) is 5.02 Å².